The predicted octanol–water partition coefficient (Wildman–Crippen LogP) is 5.55. The predicted molar refractivity (Wildman–Crippen MR) is 104 cm³/mol. The van der Waals surface area contributed by atoms with Gasteiger partial charge in [0.15, 0.2) is 5.65 Å². The number of fused-ring (bicyclic) bond motifs is 1. The van der Waals surface area contributed by atoms with Gasteiger partial charge in [0.25, 0.3) is 0 Å². The Hall–Kier alpha value is -2.77. The topological polar surface area (TPSA) is 78.9 Å². The molecule has 0 saturated carbocycles. The molecule has 134 valence electrons. The molecular formula is C19H10BrClFN3O2. The summed E-state index contributed by atoms with van der Waals surface area (Å²) < 4.78 is 14.9. The fourth-order valence-corrected chi connectivity index (χ4v) is 3.34. The summed E-state index contributed by atoms with van der Waals surface area (Å²) in [7, 11) is 0. The summed E-state index contributed by atoms with van der Waals surface area (Å²) in [6.45, 7) is 0. The number of nitrogens with one attached hydrogen (secondary N) is 1. The van der Waals surface area contributed by atoms with Crippen molar-refractivity contribution in [2.75, 3.05) is 0 Å². The number of aromatic carboxylic acids is 1. The van der Waals surface area contributed by atoms with E-state index in [2.05, 4.69) is 31.1 Å². The summed E-state index contributed by atoms with van der Waals surface area (Å²) in [6.07, 6.45) is 0. The van der Waals surface area contributed by atoms with Crippen molar-refractivity contribution in [1.29, 1.82) is 0 Å². The van der Waals surface area contributed by atoms with Gasteiger partial charge in [0.2, 0.25) is 0 Å². The fourth-order valence-electron chi connectivity index (χ4n) is 2.85. The van der Waals surface area contributed by atoms with Gasteiger partial charge in [-0.25, -0.2) is 14.2 Å². The number of H-pyrrole nitrogens is 1. The van der Waals surface area contributed by atoms with E-state index < -0.39 is 11.8 Å². The molecule has 0 radical (unpaired) electrons. The Morgan fingerprint density at radius 1 is 1.15 bits per heavy atom. The van der Waals surface area contributed by atoms with Crippen LogP contribution in [0.2, 0.25) is 5.02 Å². The molecule has 2 N–H and O–H groups in total. The largest absolute Gasteiger partial charge is 0.478 e. The molecule has 0 bridgehead atoms. The van der Waals surface area contributed by atoms with E-state index in [0.717, 1.165) is 0 Å². The molecule has 0 spiro atoms. The Morgan fingerprint density at radius 3 is 2.59 bits per heavy atom. The van der Waals surface area contributed by atoms with Crippen LogP contribution in [0.15, 0.2) is 53.0 Å². The Labute approximate surface area is 166 Å². The van der Waals surface area contributed by atoms with Gasteiger partial charge in [-0.2, -0.15) is 5.10 Å². The molecule has 2 aromatic carbocycles. The number of carboxylic acids is 1. The lowest BCUT2D eigenvalue weighted by atomic mass is 10.0. The van der Waals surface area contributed by atoms with E-state index in [1.165, 1.54) is 12.1 Å². The van der Waals surface area contributed by atoms with Gasteiger partial charge in [0.05, 0.1) is 22.3 Å². The van der Waals surface area contributed by atoms with Gasteiger partial charge in [0.1, 0.15) is 5.82 Å². The van der Waals surface area contributed by atoms with E-state index in [9.17, 15) is 14.3 Å². The summed E-state index contributed by atoms with van der Waals surface area (Å²) >= 11 is 9.21. The van der Waals surface area contributed by atoms with Gasteiger partial charge >= 0.3 is 5.97 Å². The van der Waals surface area contributed by atoms with Crippen molar-refractivity contribution < 1.29 is 14.3 Å². The lowest BCUT2D eigenvalue weighted by Gasteiger charge is -2.07. The number of nitrogens with zero attached hydrogens (tertiary/aromatic N) is 2. The third-order valence-corrected chi connectivity index (χ3v) is 4.84. The van der Waals surface area contributed by atoms with E-state index in [-0.39, 0.29) is 22.5 Å². The number of aromatic nitrogens is 3. The van der Waals surface area contributed by atoms with Crippen LogP contribution in [0.3, 0.4) is 0 Å². The van der Waals surface area contributed by atoms with Crippen molar-refractivity contribution in [2.24, 2.45) is 0 Å². The first-order chi connectivity index (χ1) is 12.9. The highest BCUT2D eigenvalue weighted by atomic mass is 79.9. The Kier molecular flexibility index (Phi) is 4.41. The second kappa shape index (κ2) is 6.75. The summed E-state index contributed by atoms with van der Waals surface area (Å²) in [4.78, 5) is 16.3. The second-order valence-electron chi connectivity index (χ2n) is 5.79. The maximum Gasteiger partial charge on any atom is 0.336 e. The van der Waals surface area contributed by atoms with Crippen molar-refractivity contribution in [3.8, 4) is 22.5 Å². The second-order valence-corrected chi connectivity index (χ2v) is 7.14. The summed E-state index contributed by atoms with van der Waals surface area (Å²) in [5.41, 5.74) is 1.76. The molecule has 0 aliphatic heterocycles. The zero-order valence-electron chi connectivity index (χ0n) is 13.5. The molecule has 0 aliphatic rings. The first kappa shape index (κ1) is 17.6. The number of aromatic amines is 1. The van der Waals surface area contributed by atoms with Crippen LogP contribution in [0, 0.1) is 5.82 Å². The number of pyridine rings is 1. The van der Waals surface area contributed by atoms with Crippen molar-refractivity contribution in [3.63, 3.8) is 0 Å². The minimum atomic E-state index is -1.16. The van der Waals surface area contributed by atoms with Crippen LogP contribution in [0.1, 0.15) is 10.4 Å². The van der Waals surface area contributed by atoms with Crippen molar-refractivity contribution >= 4 is 44.5 Å². The van der Waals surface area contributed by atoms with Crippen LogP contribution in [-0.4, -0.2) is 26.3 Å². The summed E-state index contributed by atoms with van der Waals surface area (Å²) in [5, 5.41) is 17.6. The molecule has 0 amide bonds. The molecular weight excluding hydrogens is 437 g/mol. The first-order valence-corrected chi connectivity index (χ1v) is 8.95. The van der Waals surface area contributed by atoms with E-state index in [0.29, 0.717) is 26.1 Å². The lowest BCUT2D eigenvalue weighted by Crippen LogP contribution is -2.01. The van der Waals surface area contributed by atoms with E-state index in [1.807, 2.05) is 0 Å². The highest BCUT2D eigenvalue weighted by Gasteiger charge is 2.21. The van der Waals surface area contributed by atoms with Crippen LogP contribution < -0.4 is 0 Å². The average molecular weight is 447 g/mol. The minimum Gasteiger partial charge on any atom is -0.478 e. The van der Waals surface area contributed by atoms with Gasteiger partial charge < -0.3 is 5.11 Å². The molecule has 4 aromatic rings. The number of rotatable bonds is 3. The molecule has 0 unspecified atom stereocenters. The number of carboxylic acid groups (broad SMARTS) is 1. The summed E-state index contributed by atoms with van der Waals surface area (Å²) in [6, 6.07) is 12.6. The highest BCUT2D eigenvalue weighted by molar-refractivity contribution is 9.10. The summed E-state index contributed by atoms with van der Waals surface area (Å²) in [5.74, 6) is -1.66. The Morgan fingerprint density at radius 2 is 1.89 bits per heavy atom. The number of hydrogen-bond acceptors (Lipinski definition) is 3. The molecule has 0 saturated heterocycles. The van der Waals surface area contributed by atoms with E-state index in [1.54, 1.807) is 36.4 Å². The fraction of sp³-hybridized carbons (Fsp3) is 0. The molecule has 0 atom stereocenters. The Bertz CT molecular complexity index is 1190. The van der Waals surface area contributed by atoms with E-state index in [4.69, 9.17) is 11.6 Å². The van der Waals surface area contributed by atoms with Crippen molar-refractivity contribution in [3.05, 3.63) is 69.4 Å². The SMILES string of the molecule is O=C(O)c1cc(-c2cc(Br)ccc2F)nc2n[nH]c(-c3ccc(Cl)cc3)c12. The molecule has 8 heteroatoms. The molecule has 0 aliphatic carbocycles. The van der Waals surface area contributed by atoms with Crippen LogP contribution in [0.25, 0.3) is 33.5 Å². The third kappa shape index (κ3) is 3.20. The number of carbonyl (C=O) groups is 1. The number of benzene rings is 2. The molecule has 4 rings (SSSR count). The highest BCUT2D eigenvalue weighted by Crippen LogP contribution is 2.33. The Balaban J connectivity index is 1.98. The van der Waals surface area contributed by atoms with Crippen molar-refractivity contribution in [1.82, 2.24) is 15.2 Å². The van der Waals surface area contributed by atoms with Crippen LogP contribution in [-0.2, 0) is 0 Å². The normalized spacial score (nSPS) is 11.1. The minimum absolute atomic E-state index is 0.0203. The van der Waals surface area contributed by atoms with Gasteiger partial charge in [-0.1, -0.05) is 39.7 Å². The molecule has 27 heavy (non-hydrogen) atoms. The van der Waals surface area contributed by atoms with Crippen LogP contribution >= 0.6 is 27.5 Å². The molecule has 0 fully saturated rings. The zero-order chi connectivity index (χ0) is 19.1. The third-order valence-electron chi connectivity index (χ3n) is 4.09. The van der Waals surface area contributed by atoms with Gasteiger partial charge in [-0.15, -0.1) is 0 Å². The number of halogens is 3. The average Bonchev–Trinajstić information content (AvgIpc) is 3.07. The number of hydrogen-bond donors (Lipinski definition) is 2. The maximum atomic E-state index is 14.2. The van der Waals surface area contributed by atoms with Gasteiger partial charge in [-0.05, 0) is 36.4 Å². The standard InChI is InChI=1S/C19H10BrClFN3O2/c20-10-3-6-14(22)12(7-10)15-8-13(19(26)27)16-17(24-25-18(16)23-15)9-1-4-11(21)5-2-9/h1-8H,(H,26,27)(H,23,24,25). The monoisotopic (exact) mass is 445 g/mol. The van der Waals surface area contributed by atoms with Gasteiger partial charge in [-0.3, -0.25) is 5.10 Å². The maximum absolute atomic E-state index is 14.2. The lowest BCUT2D eigenvalue weighted by molar-refractivity contribution is 0.0699. The molecule has 2 aromatic heterocycles. The molecule has 2 heterocycles. The van der Waals surface area contributed by atoms with Gasteiger partial charge in [0, 0.05) is 20.6 Å². The molecule has 5 nitrogen and oxygen atoms in total. The van der Waals surface area contributed by atoms with E-state index >= 15 is 0 Å². The van der Waals surface area contributed by atoms with Crippen molar-refractivity contribution in [2.45, 2.75) is 0 Å². The van der Waals surface area contributed by atoms with Crippen LogP contribution in [0.4, 0.5) is 4.39 Å². The first-order valence-electron chi connectivity index (χ1n) is 7.78. The quantitative estimate of drug-likeness (QED) is 0.433. The zero-order valence-corrected chi connectivity index (χ0v) is 15.8. The van der Waals surface area contributed by atoms with Crippen LogP contribution in [0.5, 0.6) is 0 Å². The smallest absolute Gasteiger partial charge is 0.336 e.